The molecule has 8 nitrogen and oxygen atoms in total. The maximum atomic E-state index is 11.4. The molecule has 8 heteroatoms. The van der Waals surface area contributed by atoms with Gasteiger partial charge in [-0.05, 0) is 12.8 Å². The zero-order valence-corrected chi connectivity index (χ0v) is 11.2. The van der Waals surface area contributed by atoms with Crippen LogP contribution in [0.15, 0.2) is 29.5 Å². The van der Waals surface area contributed by atoms with Gasteiger partial charge in [-0.1, -0.05) is 0 Å². The monoisotopic (exact) mass is 290 g/mol. The molecule has 1 fully saturated rings. The van der Waals surface area contributed by atoms with Crippen molar-refractivity contribution >= 4 is 5.97 Å². The number of carboxylic acids is 1. The van der Waals surface area contributed by atoms with Gasteiger partial charge < -0.3 is 9.84 Å². The van der Waals surface area contributed by atoms with Gasteiger partial charge >= 0.3 is 5.97 Å². The van der Waals surface area contributed by atoms with Crippen LogP contribution in [-0.2, 0) is 4.74 Å². The van der Waals surface area contributed by atoms with Crippen molar-refractivity contribution in [1.29, 1.82) is 0 Å². The molecular weight excluding hydrogens is 276 g/mol. The Morgan fingerprint density at radius 2 is 2.14 bits per heavy atom. The van der Waals surface area contributed by atoms with Crippen LogP contribution < -0.4 is 5.43 Å². The summed E-state index contributed by atoms with van der Waals surface area (Å²) in [4.78, 5) is 22.4. The summed E-state index contributed by atoms with van der Waals surface area (Å²) in [7, 11) is 0. The lowest BCUT2D eigenvalue weighted by atomic mass is 10.1. The van der Waals surface area contributed by atoms with Crippen LogP contribution in [0.4, 0.5) is 0 Å². The van der Waals surface area contributed by atoms with Crippen molar-refractivity contribution in [2.75, 3.05) is 13.2 Å². The molecule has 1 aliphatic rings. The number of ether oxygens (including phenoxy) is 1. The van der Waals surface area contributed by atoms with E-state index >= 15 is 0 Å². The summed E-state index contributed by atoms with van der Waals surface area (Å²) in [5.41, 5.74) is -0.504. The third-order valence-corrected chi connectivity index (χ3v) is 3.43. The molecule has 110 valence electrons. The van der Waals surface area contributed by atoms with Gasteiger partial charge in [0.2, 0.25) is 11.1 Å². The predicted molar refractivity (Wildman–Crippen MR) is 71.7 cm³/mol. The fraction of sp³-hybridized carbons (Fsp3) is 0.385. The molecule has 2 aromatic heterocycles. The number of hydrogen-bond donors (Lipinski definition) is 1. The Morgan fingerprint density at radius 3 is 2.86 bits per heavy atom. The van der Waals surface area contributed by atoms with Crippen molar-refractivity contribution < 1.29 is 14.6 Å². The molecule has 1 N–H and O–H groups in total. The van der Waals surface area contributed by atoms with E-state index in [9.17, 15) is 9.59 Å². The highest BCUT2D eigenvalue weighted by atomic mass is 16.5. The summed E-state index contributed by atoms with van der Waals surface area (Å²) in [5, 5.41) is 17.1. The van der Waals surface area contributed by atoms with Crippen molar-refractivity contribution in [1.82, 2.24) is 19.6 Å². The van der Waals surface area contributed by atoms with Crippen molar-refractivity contribution in [3.8, 4) is 5.69 Å². The van der Waals surface area contributed by atoms with Gasteiger partial charge in [0, 0.05) is 25.5 Å². The van der Waals surface area contributed by atoms with Gasteiger partial charge in [-0.3, -0.25) is 9.48 Å². The molecule has 3 heterocycles. The highest BCUT2D eigenvalue weighted by molar-refractivity contribution is 5.84. The van der Waals surface area contributed by atoms with E-state index in [1.54, 1.807) is 12.4 Å². The first-order chi connectivity index (χ1) is 10.1. The summed E-state index contributed by atoms with van der Waals surface area (Å²) in [5.74, 6) is -1.34. The van der Waals surface area contributed by atoms with Gasteiger partial charge in [0.25, 0.3) is 0 Å². The third kappa shape index (κ3) is 2.70. The van der Waals surface area contributed by atoms with Crippen molar-refractivity contribution in [3.63, 3.8) is 0 Å². The molecule has 2 aromatic rings. The Balaban J connectivity index is 1.91. The number of hydrogen-bond acceptors (Lipinski definition) is 5. The summed E-state index contributed by atoms with van der Waals surface area (Å²) in [6, 6.07) is 1.45. The summed E-state index contributed by atoms with van der Waals surface area (Å²) in [6.45, 7) is 1.42. The number of rotatable bonds is 3. The van der Waals surface area contributed by atoms with Crippen molar-refractivity contribution in [2.45, 2.75) is 18.9 Å². The van der Waals surface area contributed by atoms with Crippen LogP contribution in [0.3, 0.4) is 0 Å². The van der Waals surface area contributed by atoms with E-state index in [-0.39, 0.29) is 6.04 Å². The predicted octanol–water partition coefficient (Wildman–Crippen LogP) is 0.479. The molecule has 0 spiro atoms. The van der Waals surface area contributed by atoms with Crippen LogP contribution in [0.25, 0.3) is 5.69 Å². The first-order valence-corrected chi connectivity index (χ1v) is 6.61. The first kappa shape index (κ1) is 13.5. The van der Waals surface area contributed by atoms with E-state index in [1.165, 1.54) is 16.9 Å². The molecule has 0 radical (unpaired) electrons. The number of carboxylic acid groups (broad SMARTS) is 1. The van der Waals surface area contributed by atoms with Gasteiger partial charge in [0.1, 0.15) is 5.69 Å². The minimum atomic E-state index is -1.34. The Kier molecular flexibility index (Phi) is 3.53. The van der Waals surface area contributed by atoms with Crippen LogP contribution in [-0.4, -0.2) is 43.9 Å². The zero-order chi connectivity index (χ0) is 14.8. The smallest absolute Gasteiger partial charge is 0.360 e. The molecule has 1 saturated heterocycles. The molecule has 0 unspecified atom stereocenters. The Labute approximate surface area is 119 Å². The second-order valence-corrected chi connectivity index (χ2v) is 4.80. The van der Waals surface area contributed by atoms with Crippen LogP contribution in [0.2, 0.25) is 0 Å². The lowest BCUT2D eigenvalue weighted by molar-refractivity contribution is 0.0661. The fourth-order valence-corrected chi connectivity index (χ4v) is 2.30. The Hall–Kier alpha value is -2.48. The van der Waals surface area contributed by atoms with Gasteiger partial charge in [-0.2, -0.15) is 10.2 Å². The van der Waals surface area contributed by atoms with E-state index < -0.39 is 17.1 Å². The summed E-state index contributed by atoms with van der Waals surface area (Å²) >= 11 is 0. The van der Waals surface area contributed by atoms with E-state index in [4.69, 9.17) is 9.84 Å². The lowest BCUT2D eigenvalue weighted by Crippen LogP contribution is -2.20. The topological polar surface area (TPSA) is 99.2 Å². The van der Waals surface area contributed by atoms with Gasteiger partial charge in [0.15, 0.2) is 0 Å². The van der Waals surface area contributed by atoms with Crippen LogP contribution in [0.1, 0.15) is 29.4 Å². The zero-order valence-electron chi connectivity index (χ0n) is 11.2. The Morgan fingerprint density at radius 1 is 1.38 bits per heavy atom. The second-order valence-electron chi connectivity index (χ2n) is 4.80. The average molecular weight is 290 g/mol. The van der Waals surface area contributed by atoms with Crippen molar-refractivity contribution in [3.05, 3.63) is 40.6 Å². The van der Waals surface area contributed by atoms with E-state index in [1.807, 2.05) is 4.68 Å². The molecular formula is C13H14N4O4. The molecule has 0 saturated carbocycles. The second kappa shape index (κ2) is 5.49. The fourth-order valence-electron chi connectivity index (χ4n) is 2.30. The van der Waals surface area contributed by atoms with Crippen LogP contribution in [0, 0.1) is 0 Å². The van der Waals surface area contributed by atoms with Crippen LogP contribution >= 0.6 is 0 Å². The quantitative estimate of drug-likeness (QED) is 0.882. The number of aromatic carboxylic acids is 1. The van der Waals surface area contributed by atoms with E-state index in [0.717, 1.165) is 12.8 Å². The maximum absolute atomic E-state index is 11.4. The van der Waals surface area contributed by atoms with Crippen molar-refractivity contribution in [2.24, 2.45) is 0 Å². The van der Waals surface area contributed by atoms with Gasteiger partial charge in [-0.15, -0.1) is 0 Å². The Bertz CT molecular complexity index is 715. The molecule has 0 aromatic carbocycles. The molecule has 0 atom stereocenters. The minimum Gasteiger partial charge on any atom is -0.476 e. The summed E-state index contributed by atoms with van der Waals surface area (Å²) in [6.07, 6.45) is 6.59. The number of carbonyl (C=O) groups is 1. The standard InChI is InChI=1S/C13H14N4O4/c18-11-1-4-16(15-12(11)13(19)20)10-7-14-17(8-10)9-2-5-21-6-3-9/h1,4,7-9H,2-3,5-6H2,(H,19,20). The molecule has 0 aliphatic carbocycles. The highest BCUT2D eigenvalue weighted by Gasteiger charge is 2.17. The molecule has 21 heavy (non-hydrogen) atoms. The van der Waals surface area contributed by atoms with Crippen LogP contribution in [0.5, 0.6) is 0 Å². The third-order valence-electron chi connectivity index (χ3n) is 3.43. The summed E-state index contributed by atoms with van der Waals surface area (Å²) < 4.78 is 8.48. The average Bonchev–Trinajstić information content (AvgIpc) is 2.98. The van der Waals surface area contributed by atoms with E-state index in [0.29, 0.717) is 18.9 Å². The number of nitrogens with zero attached hydrogens (tertiary/aromatic N) is 4. The highest BCUT2D eigenvalue weighted by Crippen LogP contribution is 2.20. The van der Waals surface area contributed by atoms with Gasteiger partial charge in [-0.25, -0.2) is 9.48 Å². The molecule has 1 aliphatic heterocycles. The largest absolute Gasteiger partial charge is 0.476 e. The molecule has 3 rings (SSSR count). The SMILES string of the molecule is O=C(O)c1nn(-c2cnn(C3CCOCC3)c2)ccc1=O. The molecule has 0 bridgehead atoms. The van der Waals surface area contributed by atoms with E-state index in [2.05, 4.69) is 10.2 Å². The minimum absolute atomic E-state index is 0.269. The molecule has 0 amide bonds. The first-order valence-electron chi connectivity index (χ1n) is 6.61. The normalized spacial score (nSPS) is 16.0. The lowest BCUT2D eigenvalue weighted by Gasteiger charge is -2.22. The maximum Gasteiger partial charge on any atom is 0.360 e. The van der Waals surface area contributed by atoms with Gasteiger partial charge in [0.05, 0.1) is 18.4 Å². The number of aromatic nitrogens is 4.